The van der Waals surface area contributed by atoms with E-state index in [9.17, 15) is 9.00 Å². The summed E-state index contributed by atoms with van der Waals surface area (Å²) in [4.78, 5) is 12.2. The molecule has 1 rings (SSSR count). The Morgan fingerprint density at radius 1 is 1.35 bits per heavy atom. The third kappa shape index (κ3) is 7.75. The van der Waals surface area contributed by atoms with Gasteiger partial charge in [-0.05, 0) is 29.0 Å². The summed E-state index contributed by atoms with van der Waals surface area (Å²) in [5, 5.41) is 2.94. The number of rotatable bonds is 8. The van der Waals surface area contributed by atoms with Crippen LogP contribution in [-0.2, 0) is 26.1 Å². The van der Waals surface area contributed by atoms with Crippen LogP contribution in [0.25, 0.3) is 0 Å². The van der Waals surface area contributed by atoms with Gasteiger partial charge in [0, 0.05) is 41.5 Å². The van der Waals surface area contributed by atoms with E-state index in [2.05, 4.69) is 33.0 Å². The van der Waals surface area contributed by atoms with Gasteiger partial charge in [0.2, 0.25) is 5.91 Å². The molecular formula is C18H29NO3S. The Hall–Kier alpha value is -1.20. The molecule has 2 atom stereocenters. The van der Waals surface area contributed by atoms with Crippen molar-refractivity contribution in [3.8, 4) is 0 Å². The number of methoxy groups -OCH3 is 1. The molecule has 0 spiro atoms. The van der Waals surface area contributed by atoms with Crippen LogP contribution in [-0.4, -0.2) is 29.6 Å². The van der Waals surface area contributed by atoms with Crippen LogP contribution in [0.15, 0.2) is 24.3 Å². The lowest BCUT2D eigenvalue weighted by atomic mass is 9.80. The number of benzene rings is 1. The van der Waals surface area contributed by atoms with E-state index in [4.69, 9.17) is 4.74 Å². The Labute approximate surface area is 142 Å². The van der Waals surface area contributed by atoms with Crippen molar-refractivity contribution in [1.29, 1.82) is 0 Å². The van der Waals surface area contributed by atoms with Gasteiger partial charge in [0.1, 0.15) is 0 Å². The van der Waals surface area contributed by atoms with Crippen LogP contribution < -0.4 is 5.32 Å². The second-order valence-electron chi connectivity index (χ2n) is 7.00. The van der Waals surface area contributed by atoms with Gasteiger partial charge in [-0.1, -0.05) is 39.8 Å². The summed E-state index contributed by atoms with van der Waals surface area (Å²) in [6.45, 7) is 9.01. The van der Waals surface area contributed by atoms with Gasteiger partial charge in [-0.25, -0.2) is 0 Å². The first-order chi connectivity index (χ1) is 10.7. The van der Waals surface area contributed by atoms with Crippen molar-refractivity contribution in [1.82, 2.24) is 0 Å². The van der Waals surface area contributed by atoms with Gasteiger partial charge in [-0.15, -0.1) is 0 Å². The van der Waals surface area contributed by atoms with E-state index in [1.54, 1.807) is 7.11 Å². The first kappa shape index (κ1) is 19.8. The highest BCUT2D eigenvalue weighted by molar-refractivity contribution is 7.84. The molecule has 0 fully saturated rings. The maximum absolute atomic E-state index is 12.2. The van der Waals surface area contributed by atoms with Crippen LogP contribution >= 0.6 is 0 Å². The van der Waals surface area contributed by atoms with Crippen LogP contribution in [0.3, 0.4) is 0 Å². The summed E-state index contributed by atoms with van der Waals surface area (Å²) in [7, 11) is 0.653. The van der Waals surface area contributed by atoms with Crippen molar-refractivity contribution in [3.63, 3.8) is 0 Å². The van der Waals surface area contributed by atoms with Gasteiger partial charge in [0.25, 0.3) is 0 Å². The lowest BCUT2D eigenvalue weighted by Gasteiger charge is -2.26. The number of nitrogens with one attached hydrogen (secondary N) is 1. The molecule has 130 valence electrons. The average molecular weight is 340 g/mol. The Balaban J connectivity index is 2.60. The molecule has 0 aromatic heterocycles. The first-order valence-electron chi connectivity index (χ1n) is 7.95. The zero-order valence-electron chi connectivity index (χ0n) is 14.8. The fourth-order valence-corrected chi connectivity index (χ4v) is 3.02. The highest BCUT2D eigenvalue weighted by atomic mass is 32.2. The fourth-order valence-electron chi connectivity index (χ4n) is 1.97. The maximum Gasteiger partial charge on any atom is 0.224 e. The van der Waals surface area contributed by atoms with Crippen LogP contribution in [0.4, 0.5) is 5.69 Å². The Morgan fingerprint density at radius 3 is 2.65 bits per heavy atom. The molecule has 1 amide bonds. The first-order valence-corrected chi connectivity index (χ1v) is 9.44. The van der Waals surface area contributed by atoms with Crippen LogP contribution in [0.5, 0.6) is 0 Å². The third-order valence-electron chi connectivity index (χ3n) is 4.02. The van der Waals surface area contributed by atoms with Crippen LogP contribution in [0.1, 0.15) is 39.7 Å². The van der Waals surface area contributed by atoms with Gasteiger partial charge in [0.15, 0.2) is 0 Å². The van der Waals surface area contributed by atoms with E-state index in [0.29, 0.717) is 30.5 Å². The Morgan fingerprint density at radius 2 is 2.04 bits per heavy atom. The zero-order chi connectivity index (χ0) is 17.5. The summed E-state index contributed by atoms with van der Waals surface area (Å²) in [6, 6.07) is 7.56. The quantitative estimate of drug-likeness (QED) is 0.787. The average Bonchev–Trinajstić information content (AvgIpc) is 2.44. The van der Waals surface area contributed by atoms with Crippen LogP contribution in [0.2, 0.25) is 0 Å². The van der Waals surface area contributed by atoms with E-state index in [1.807, 2.05) is 24.3 Å². The lowest BCUT2D eigenvalue weighted by Crippen LogP contribution is -2.23. The summed E-state index contributed by atoms with van der Waals surface area (Å²) < 4.78 is 16.8. The molecule has 0 radical (unpaired) electrons. The van der Waals surface area contributed by atoms with Gasteiger partial charge in [-0.2, -0.15) is 0 Å². The van der Waals surface area contributed by atoms with Crippen molar-refractivity contribution in [2.24, 2.45) is 11.3 Å². The molecule has 0 heterocycles. The molecule has 0 bridgehead atoms. The monoisotopic (exact) mass is 339 g/mol. The minimum atomic E-state index is -0.950. The molecule has 0 aliphatic rings. The molecule has 0 saturated heterocycles. The highest BCUT2D eigenvalue weighted by Gasteiger charge is 2.22. The molecule has 4 nitrogen and oxygen atoms in total. The predicted molar refractivity (Wildman–Crippen MR) is 96.9 cm³/mol. The molecule has 1 aromatic rings. The zero-order valence-corrected chi connectivity index (χ0v) is 15.7. The SMILES string of the molecule is COCCS(=O)Cc1cccc(NC(=O)CC(C)C(C)(C)C)c1. The summed E-state index contributed by atoms with van der Waals surface area (Å²) >= 11 is 0. The maximum atomic E-state index is 12.2. The predicted octanol–water partition coefficient (Wildman–Crippen LogP) is 3.59. The summed E-state index contributed by atoms with van der Waals surface area (Å²) in [6.07, 6.45) is 0.494. The minimum absolute atomic E-state index is 0.0186. The number of hydrogen-bond donors (Lipinski definition) is 1. The molecule has 0 aliphatic carbocycles. The summed E-state index contributed by atoms with van der Waals surface area (Å²) in [5.74, 6) is 1.32. The second kappa shape index (κ2) is 9.18. The molecule has 23 heavy (non-hydrogen) atoms. The van der Waals surface area contributed by atoms with E-state index >= 15 is 0 Å². The largest absolute Gasteiger partial charge is 0.384 e. The normalized spacial score (nSPS) is 14.3. The highest BCUT2D eigenvalue weighted by Crippen LogP contribution is 2.28. The van der Waals surface area contributed by atoms with E-state index in [0.717, 1.165) is 11.3 Å². The topological polar surface area (TPSA) is 55.4 Å². The minimum Gasteiger partial charge on any atom is -0.384 e. The molecule has 2 unspecified atom stereocenters. The smallest absolute Gasteiger partial charge is 0.224 e. The van der Waals surface area contributed by atoms with Crippen molar-refractivity contribution < 1.29 is 13.7 Å². The van der Waals surface area contributed by atoms with E-state index in [1.165, 1.54) is 0 Å². The number of carbonyl (C=O) groups excluding carboxylic acids is 1. The molecule has 5 heteroatoms. The Kier molecular flexibility index (Phi) is 7.92. The Bertz CT molecular complexity index is 537. The van der Waals surface area contributed by atoms with Crippen molar-refractivity contribution in [2.75, 3.05) is 24.8 Å². The second-order valence-corrected chi connectivity index (χ2v) is 8.58. The number of hydrogen-bond acceptors (Lipinski definition) is 3. The lowest BCUT2D eigenvalue weighted by molar-refractivity contribution is -0.117. The molecule has 1 N–H and O–H groups in total. The fraction of sp³-hybridized carbons (Fsp3) is 0.611. The number of ether oxygens (including phenoxy) is 1. The van der Waals surface area contributed by atoms with Gasteiger partial charge in [-0.3, -0.25) is 9.00 Å². The molecule has 0 aliphatic heterocycles. The third-order valence-corrected chi connectivity index (χ3v) is 5.30. The van der Waals surface area contributed by atoms with Gasteiger partial charge >= 0.3 is 0 Å². The number of anilines is 1. The number of amides is 1. The van der Waals surface area contributed by atoms with Gasteiger partial charge in [0.05, 0.1) is 6.61 Å². The van der Waals surface area contributed by atoms with Gasteiger partial charge < -0.3 is 10.1 Å². The molecule has 0 saturated carbocycles. The van der Waals surface area contributed by atoms with E-state index in [-0.39, 0.29) is 11.3 Å². The van der Waals surface area contributed by atoms with Crippen molar-refractivity contribution in [3.05, 3.63) is 29.8 Å². The molecule has 1 aromatic carbocycles. The number of carbonyl (C=O) groups is 1. The van der Waals surface area contributed by atoms with E-state index < -0.39 is 10.8 Å². The standard InChI is InChI=1S/C18H29NO3S/c1-14(18(2,3)4)11-17(20)19-16-8-6-7-15(12-16)13-23(21)10-9-22-5/h6-8,12,14H,9-11,13H2,1-5H3,(H,19,20). The summed E-state index contributed by atoms with van der Waals surface area (Å²) in [5.41, 5.74) is 1.83. The molecular weight excluding hydrogens is 310 g/mol. The van der Waals surface area contributed by atoms with Crippen molar-refractivity contribution >= 4 is 22.4 Å². The van der Waals surface area contributed by atoms with Crippen molar-refractivity contribution in [2.45, 2.75) is 39.9 Å². The van der Waals surface area contributed by atoms with Crippen LogP contribution in [0, 0.1) is 11.3 Å².